The first-order valence-corrected chi connectivity index (χ1v) is 6.12. The Balaban J connectivity index is 2.54. The fraction of sp³-hybridized carbons (Fsp3) is 0.500. The van der Waals surface area contributed by atoms with Crippen molar-refractivity contribution >= 4 is 6.29 Å². The maximum Gasteiger partial charge on any atom is 0.153 e. The number of likely N-dealkylation sites (N-methyl/N-ethyl adjacent to an activating group) is 1. The molecule has 0 bridgehead atoms. The van der Waals surface area contributed by atoms with Gasteiger partial charge in [-0.2, -0.15) is 0 Å². The summed E-state index contributed by atoms with van der Waals surface area (Å²) in [7, 11) is 0. The highest BCUT2D eigenvalue weighted by molar-refractivity contribution is 5.79. The summed E-state index contributed by atoms with van der Waals surface area (Å²) < 4.78 is 5.64. The Morgan fingerprint density at radius 2 is 2.00 bits per heavy atom. The molecule has 0 aliphatic rings. The third-order valence-corrected chi connectivity index (χ3v) is 2.85. The summed E-state index contributed by atoms with van der Waals surface area (Å²) in [5.41, 5.74) is 1.70. The molecule has 0 spiro atoms. The van der Waals surface area contributed by atoms with Crippen LogP contribution in [0.15, 0.2) is 18.2 Å². The molecule has 0 N–H and O–H groups in total. The second kappa shape index (κ2) is 7.07. The van der Waals surface area contributed by atoms with E-state index in [9.17, 15) is 4.79 Å². The molecule has 0 radical (unpaired) electrons. The normalized spacial score (nSPS) is 10.6. The number of carbonyl (C=O) groups excluding carboxylic acids is 1. The number of ether oxygens (including phenoxy) is 1. The van der Waals surface area contributed by atoms with Crippen molar-refractivity contribution in [2.75, 3.05) is 26.2 Å². The van der Waals surface area contributed by atoms with Gasteiger partial charge in [-0.05, 0) is 32.1 Å². The Kier molecular flexibility index (Phi) is 5.70. The van der Waals surface area contributed by atoms with E-state index in [-0.39, 0.29) is 0 Å². The zero-order chi connectivity index (χ0) is 12.7. The molecule has 1 aromatic rings. The molecule has 0 saturated heterocycles. The largest absolute Gasteiger partial charge is 0.492 e. The number of hydrogen-bond donors (Lipinski definition) is 0. The minimum atomic E-state index is 0.617. The lowest BCUT2D eigenvalue weighted by molar-refractivity contribution is 0.111. The SMILES string of the molecule is CCN(CC)CCOc1ccc(C)cc1C=O. The van der Waals surface area contributed by atoms with E-state index in [1.54, 1.807) is 0 Å². The lowest BCUT2D eigenvalue weighted by Gasteiger charge is -2.18. The highest BCUT2D eigenvalue weighted by Crippen LogP contribution is 2.17. The Hall–Kier alpha value is -1.35. The zero-order valence-electron chi connectivity index (χ0n) is 10.9. The van der Waals surface area contributed by atoms with Gasteiger partial charge in [-0.1, -0.05) is 25.5 Å². The summed E-state index contributed by atoms with van der Waals surface area (Å²) in [5, 5.41) is 0. The molecule has 0 aliphatic heterocycles. The highest BCUT2D eigenvalue weighted by atomic mass is 16.5. The van der Waals surface area contributed by atoms with Crippen LogP contribution in [-0.2, 0) is 0 Å². The third-order valence-electron chi connectivity index (χ3n) is 2.85. The van der Waals surface area contributed by atoms with E-state index in [2.05, 4.69) is 18.7 Å². The van der Waals surface area contributed by atoms with Gasteiger partial charge in [0.15, 0.2) is 6.29 Å². The van der Waals surface area contributed by atoms with Crippen LogP contribution in [0.4, 0.5) is 0 Å². The number of rotatable bonds is 7. The van der Waals surface area contributed by atoms with Gasteiger partial charge in [-0.25, -0.2) is 0 Å². The van der Waals surface area contributed by atoms with Crippen molar-refractivity contribution in [1.29, 1.82) is 0 Å². The van der Waals surface area contributed by atoms with E-state index < -0.39 is 0 Å². The molecule has 3 nitrogen and oxygen atoms in total. The second-order valence-electron chi connectivity index (χ2n) is 4.03. The molecule has 17 heavy (non-hydrogen) atoms. The maximum absolute atomic E-state index is 10.9. The van der Waals surface area contributed by atoms with Gasteiger partial charge in [-0.15, -0.1) is 0 Å². The molecule has 3 heteroatoms. The van der Waals surface area contributed by atoms with Crippen LogP contribution in [0.25, 0.3) is 0 Å². The average molecular weight is 235 g/mol. The Labute approximate surface area is 103 Å². The molecule has 1 aromatic carbocycles. The lowest BCUT2D eigenvalue weighted by Crippen LogP contribution is -2.28. The van der Waals surface area contributed by atoms with Crippen LogP contribution in [0.1, 0.15) is 29.8 Å². The predicted molar refractivity (Wildman–Crippen MR) is 69.8 cm³/mol. The van der Waals surface area contributed by atoms with Gasteiger partial charge in [0.2, 0.25) is 0 Å². The summed E-state index contributed by atoms with van der Waals surface area (Å²) in [6.45, 7) is 9.78. The minimum absolute atomic E-state index is 0.617. The van der Waals surface area contributed by atoms with E-state index in [0.717, 1.165) is 31.5 Å². The molecule has 0 heterocycles. The number of aryl methyl sites for hydroxylation is 1. The first-order chi connectivity index (χ1) is 8.21. The van der Waals surface area contributed by atoms with Crippen molar-refractivity contribution in [3.63, 3.8) is 0 Å². The summed E-state index contributed by atoms with van der Waals surface area (Å²) in [5.74, 6) is 0.678. The van der Waals surface area contributed by atoms with Crippen molar-refractivity contribution in [3.05, 3.63) is 29.3 Å². The molecule has 1 rings (SSSR count). The lowest BCUT2D eigenvalue weighted by atomic mass is 10.1. The number of hydrogen-bond acceptors (Lipinski definition) is 3. The second-order valence-corrected chi connectivity index (χ2v) is 4.03. The molecule has 0 unspecified atom stereocenters. The Morgan fingerprint density at radius 1 is 1.29 bits per heavy atom. The van der Waals surface area contributed by atoms with Gasteiger partial charge in [0.1, 0.15) is 12.4 Å². The smallest absolute Gasteiger partial charge is 0.153 e. The number of nitrogens with zero attached hydrogens (tertiary/aromatic N) is 1. The van der Waals surface area contributed by atoms with Crippen molar-refractivity contribution < 1.29 is 9.53 Å². The van der Waals surface area contributed by atoms with Gasteiger partial charge < -0.3 is 9.64 Å². The number of carbonyl (C=O) groups is 1. The first kappa shape index (κ1) is 13.7. The molecule has 0 aromatic heterocycles. The van der Waals surface area contributed by atoms with Crippen molar-refractivity contribution in [3.8, 4) is 5.75 Å². The fourth-order valence-electron chi connectivity index (χ4n) is 1.72. The number of benzene rings is 1. The molecule has 0 fully saturated rings. The average Bonchev–Trinajstić information content (AvgIpc) is 2.36. The van der Waals surface area contributed by atoms with Gasteiger partial charge in [-0.3, -0.25) is 4.79 Å². The molecule has 0 aliphatic carbocycles. The van der Waals surface area contributed by atoms with E-state index in [1.807, 2.05) is 25.1 Å². The van der Waals surface area contributed by atoms with Crippen LogP contribution in [0.3, 0.4) is 0 Å². The topological polar surface area (TPSA) is 29.5 Å². The monoisotopic (exact) mass is 235 g/mol. The Morgan fingerprint density at radius 3 is 2.59 bits per heavy atom. The predicted octanol–water partition coefficient (Wildman–Crippen LogP) is 2.53. The van der Waals surface area contributed by atoms with Crippen LogP contribution >= 0.6 is 0 Å². The third kappa shape index (κ3) is 4.19. The number of aldehydes is 1. The summed E-state index contributed by atoms with van der Waals surface area (Å²) in [6.07, 6.45) is 0.847. The van der Waals surface area contributed by atoms with Crippen molar-refractivity contribution in [2.45, 2.75) is 20.8 Å². The molecular weight excluding hydrogens is 214 g/mol. The standard InChI is InChI=1S/C14H21NO2/c1-4-15(5-2)8-9-17-14-7-6-12(3)10-13(14)11-16/h6-7,10-11H,4-5,8-9H2,1-3H3. The Bertz CT molecular complexity index is 359. The van der Waals surface area contributed by atoms with E-state index in [4.69, 9.17) is 4.74 Å². The molecule has 0 saturated carbocycles. The van der Waals surface area contributed by atoms with Crippen LogP contribution < -0.4 is 4.74 Å². The molecule has 94 valence electrons. The van der Waals surface area contributed by atoms with E-state index in [0.29, 0.717) is 17.9 Å². The quantitative estimate of drug-likeness (QED) is 0.680. The van der Waals surface area contributed by atoms with Gasteiger partial charge in [0, 0.05) is 6.54 Å². The van der Waals surface area contributed by atoms with Gasteiger partial charge in [0.25, 0.3) is 0 Å². The minimum Gasteiger partial charge on any atom is -0.492 e. The molecule has 0 amide bonds. The van der Waals surface area contributed by atoms with E-state index in [1.165, 1.54) is 0 Å². The van der Waals surface area contributed by atoms with Crippen LogP contribution in [0.5, 0.6) is 5.75 Å². The van der Waals surface area contributed by atoms with Crippen LogP contribution in [0.2, 0.25) is 0 Å². The zero-order valence-corrected chi connectivity index (χ0v) is 10.9. The van der Waals surface area contributed by atoms with Crippen molar-refractivity contribution in [2.24, 2.45) is 0 Å². The summed E-state index contributed by atoms with van der Waals surface area (Å²) >= 11 is 0. The van der Waals surface area contributed by atoms with E-state index >= 15 is 0 Å². The summed E-state index contributed by atoms with van der Waals surface area (Å²) in [6, 6.07) is 5.67. The highest BCUT2D eigenvalue weighted by Gasteiger charge is 2.04. The first-order valence-electron chi connectivity index (χ1n) is 6.12. The maximum atomic E-state index is 10.9. The van der Waals surface area contributed by atoms with Crippen LogP contribution in [0, 0.1) is 6.92 Å². The fourth-order valence-corrected chi connectivity index (χ4v) is 1.72. The molecule has 0 atom stereocenters. The molecular formula is C14H21NO2. The summed E-state index contributed by atoms with van der Waals surface area (Å²) in [4.78, 5) is 13.2. The van der Waals surface area contributed by atoms with Crippen molar-refractivity contribution in [1.82, 2.24) is 4.90 Å². The van der Waals surface area contributed by atoms with Gasteiger partial charge in [0.05, 0.1) is 5.56 Å². The van der Waals surface area contributed by atoms with Crippen LogP contribution in [-0.4, -0.2) is 37.4 Å². The van der Waals surface area contributed by atoms with Gasteiger partial charge >= 0.3 is 0 Å².